The van der Waals surface area contributed by atoms with Gasteiger partial charge in [-0.15, -0.1) is 0 Å². The average Bonchev–Trinajstić information content (AvgIpc) is 2.43. The van der Waals surface area contributed by atoms with Crippen molar-refractivity contribution < 1.29 is 5.11 Å². The standard InChI is InChI=1S/C14H16BrN3O/c15-12-7-17-8-13(16)14(12)18-11(9-19)6-10-4-2-1-3-5-10/h1-5,7-8,11,19H,6,9,16H2,(H,17,18). The van der Waals surface area contributed by atoms with Crippen LogP contribution in [0.5, 0.6) is 0 Å². The Hall–Kier alpha value is -1.59. The fourth-order valence-corrected chi connectivity index (χ4v) is 2.33. The monoisotopic (exact) mass is 321 g/mol. The van der Waals surface area contributed by atoms with Gasteiger partial charge in [0.05, 0.1) is 34.7 Å². The highest BCUT2D eigenvalue weighted by Gasteiger charge is 2.12. The van der Waals surface area contributed by atoms with Gasteiger partial charge in [0.2, 0.25) is 0 Å². The van der Waals surface area contributed by atoms with Crippen molar-refractivity contribution in [3.63, 3.8) is 0 Å². The van der Waals surface area contributed by atoms with Crippen LogP contribution in [0.1, 0.15) is 5.56 Å². The zero-order valence-electron chi connectivity index (χ0n) is 10.4. The number of nitrogen functional groups attached to an aromatic ring is 1. The zero-order chi connectivity index (χ0) is 13.7. The molecular formula is C14H16BrN3O. The molecule has 0 aliphatic carbocycles. The lowest BCUT2D eigenvalue weighted by molar-refractivity contribution is 0.273. The van der Waals surface area contributed by atoms with Gasteiger partial charge in [-0.3, -0.25) is 4.98 Å². The third-order valence-electron chi connectivity index (χ3n) is 2.82. The number of rotatable bonds is 5. The van der Waals surface area contributed by atoms with E-state index in [0.29, 0.717) is 5.69 Å². The number of benzene rings is 1. The van der Waals surface area contributed by atoms with Gasteiger partial charge in [0.1, 0.15) is 0 Å². The van der Waals surface area contributed by atoms with Gasteiger partial charge >= 0.3 is 0 Å². The molecule has 0 saturated heterocycles. The molecule has 2 aromatic rings. The second-order valence-electron chi connectivity index (χ2n) is 4.30. The first-order valence-corrected chi connectivity index (χ1v) is 6.80. The van der Waals surface area contributed by atoms with Crippen molar-refractivity contribution in [3.8, 4) is 0 Å². The molecule has 1 aromatic heterocycles. The molecule has 5 heteroatoms. The summed E-state index contributed by atoms with van der Waals surface area (Å²) >= 11 is 3.40. The van der Waals surface area contributed by atoms with E-state index in [1.165, 1.54) is 0 Å². The van der Waals surface area contributed by atoms with Crippen LogP contribution < -0.4 is 11.1 Å². The van der Waals surface area contributed by atoms with Crippen molar-refractivity contribution in [2.24, 2.45) is 0 Å². The second-order valence-corrected chi connectivity index (χ2v) is 5.15. The average molecular weight is 322 g/mol. The number of aliphatic hydroxyl groups excluding tert-OH is 1. The molecule has 100 valence electrons. The lowest BCUT2D eigenvalue weighted by Gasteiger charge is -2.19. The molecule has 1 aromatic carbocycles. The van der Waals surface area contributed by atoms with Crippen LogP contribution in [0.4, 0.5) is 11.4 Å². The van der Waals surface area contributed by atoms with E-state index in [-0.39, 0.29) is 12.6 Å². The van der Waals surface area contributed by atoms with Gasteiger partial charge in [-0.05, 0) is 27.9 Å². The van der Waals surface area contributed by atoms with Crippen LogP contribution in [0.15, 0.2) is 47.2 Å². The highest BCUT2D eigenvalue weighted by atomic mass is 79.9. The Morgan fingerprint density at radius 3 is 2.63 bits per heavy atom. The van der Waals surface area contributed by atoms with Crippen LogP contribution in [0.2, 0.25) is 0 Å². The van der Waals surface area contributed by atoms with Gasteiger partial charge in [-0.2, -0.15) is 0 Å². The van der Waals surface area contributed by atoms with Gasteiger partial charge in [0.25, 0.3) is 0 Å². The van der Waals surface area contributed by atoms with E-state index < -0.39 is 0 Å². The molecular weight excluding hydrogens is 306 g/mol. The first-order valence-electron chi connectivity index (χ1n) is 6.01. The van der Waals surface area contributed by atoms with Crippen LogP contribution in [0.3, 0.4) is 0 Å². The van der Waals surface area contributed by atoms with Crippen LogP contribution in [-0.2, 0) is 6.42 Å². The van der Waals surface area contributed by atoms with Crippen molar-refractivity contribution in [2.75, 3.05) is 17.7 Å². The number of nitrogens with one attached hydrogen (secondary N) is 1. The van der Waals surface area contributed by atoms with Crippen molar-refractivity contribution in [1.82, 2.24) is 4.98 Å². The Morgan fingerprint density at radius 2 is 2.00 bits per heavy atom. The van der Waals surface area contributed by atoms with Crippen LogP contribution >= 0.6 is 15.9 Å². The summed E-state index contributed by atoms with van der Waals surface area (Å²) in [6.07, 6.45) is 3.99. The molecule has 2 rings (SSSR count). The fourth-order valence-electron chi connectivity index (χ4n) is 1.87. The summed E-state index contributed by atoms with van der Waals surface area (Å²) in [7, 11) is 0. The number of pyridine rings is 1. The van der Waals surface area contributed by atoms with Gasteiger partial charge < -0.3 is 16.2 Å². The SMILES string of the molecule is Nc1cncc(Br)c1NC(CO)Cc1ccccc1. The maximum atomic E-state index is 9.50. The number of hydrogen-bond acceptors (Lipinski definition) is 4. The van der Waals surface area contributed by atoms with E-state index in [1.54, 1.807) is 12.4 Å². The molecule has 1 unspecified atom stereocenters. The highest BCUT2D eigenvalue weighted by molar-refractivity contribution is 9.10. The van der Waals surface area contributed by atoms with E-state index in [2.05, 4.69) is 26.2 Å². The van der Waals surface area contributed by atoms with Crippen LogP contribution in [0, 0.1) is 0 Å². The lowest BCUT2D eigenvalue weighted by atomic mass is 10.1. The quantitative estimate of drug-likeness (QED) is 0.791. The lowest BCUT2D eigenvalue weighted by Crippen LogP contribution is -2.27. The Bertz CT molecular complexity index is 513. The maximum Gasteiger partial charge on any atom is 0.0753 e. The first-order chi connectivity index (χ1) is 9.20. The molecule has 4 nitrogen and oxygen atoms in total. The molecule has 19 heavy (non-hydrogen) atoms. The number of hydrogen-bond donors (Lipinski definition) is 3. The van der Waals surface area contributed by atoms with Crippen molar-refractivity contribution in [3.05, 3.63) is 52.8 Å². The summed E-state index contributed by atoms with van der Waals surface area (Å²) in [5, 5.41) is 12.7. The number of halogens is 1. The summed E-state index contributed by atoms with van der Waals surface area (Å²) < 4.78 is 0.791. The van der Waals surface area contributed by atoms with Gasteiger partial charge in [-0.25, -0.2) is 0 Å². The highest BCUT2D eigenvalue weighted by Crippen LogP contribution is 2.28. The molecule has 1 atom stereocenters. The molecule has 0 radical (unpaired) electrons. The largest absolute Gasteiger partial charge is 0.396 e. The maximum absolute atomic E-state index is 9.50. The predicted octanol–water partition coefficient (Wildman–Crippen LogP) is 2.44. The summed E-state index contributed by atoms with van der Waals surface area (Å²) in [6.45, 7) is 0.0309. The molecule has 0 amide bonds. The summed E-state index contributed by atoms with van der Waals surface area (Å²) in [5.74, 6) is 0. The van der Waals surface area contributed by atoms with Crippen molar-refractivity contribution in [2.45, 2.75) is 12.5 Å². The molecule has 0 saturated carbocycles. The minimum atomic E-state index is -0.0941. The normalized spacial score (nSPS) is 12.1. The van der Waals surface area contributed by atoms with E-state index in [1.807, 2.05) is 30.3 Å². The van der Waals surface area contributed by atoms with E-state index in [4.69, 9.17) is 5.73 Å². The zero-order valence-corrected chi connectivity index (χ0v) is 12.0. The molecule has 0 spiro atoms. The molecule has 4 N–H and O–H groups in total. The van der Waals surface area contributed by atoms with Crippen molar-refractivity contribution >= 4 is 27.3 Å². The molecule has 0 aliphatic rings. The molecule has 1 heterocycles. The molecule has 0 aliphatic heterocycles. The smallest absolute Gasteiger partial charge is 0.0753 e. The minimum Gasteiger partial charge on any atom is -0.396 e. The molecule has 0 bridgehead atoms. The predicted molar refractivity (Wildman–Crippen MR) is 81.0 cm³/mol. The third-order valence-corrected chi connectivity index (χ3v) is 3.42. The first kappa shape index (κ1) is 13.8. The Kier molecular flexibility index (Phi) is 4.76. The van der Waals surface area contributed by atoms with E-state index in [9.17, 15) is 5.11 Å². The topological polar surface area (TPSA) is 71.2 Å². The number of aromatic nitrogens is 1. The number of anilines is 2. The Balaban J connectivity index is 2.11. The minimum absolute atomic E-state index is 0.0309. The number of nitrogens with two attached hydrogens (primary N) is 1. The van der Waals surface area contributed by atoms with Crippen LogP contribution in [-0.4, -0.2) is 22.7 Å². The number of aliphatic hydroxyl groups is 1. The van der Waals surface area contributed by atoms with E-state index in [0.717, 1.165) is 22.1 Å². The number of nitrogens with zero attached hydrogens (tertiary/aromatic N) is 1. The summed E-state index contributed by atoms with van der Waals surface area (Å²) in [6, 6.07) is 9.93. The Labute approximate surface area is 120 Å². The summed E-state index contributed by atoms with van der Waals surface area (Å²) in [5.41, 5.74) is 8.37. The van der Waals surface area contributed by atoms with Gasteiger partial charge in [0.15, 0.2) is 0 Å². The van der Waals surface area contributed by atoms with Gasteiger partial charge in [-0.1, -0.05) is 30.3 Å². The van der Waals surface area contributed by atoms with Gasteiger partial charge in [0, 0.05) is 6.20 Å². The molecule has 0 fully saturated rings. The Morgan fingerprint density at radius 1 is 1.26 bits per heavy atom. The van der Waals surface area contributed by atoms with E-state index >= 15 is 0 Å². The summed E-state index contributed by atoms with van der Waals surface area (Å²) in [4.78, 5) is 3.99. The van der Waals surface area contributed by atoms with Crippen LogP contribution in [0.25, 0.3) is 0 Å². The third kappa shape index (κ3) is 3.68. The second kappa shape index (κ2) is 6.54. The van der Waals surface area contributed by atoms with Crippen molar-refractivity contribution in [1.29, 1.82) is 0 Å². The fraction of sp³-hybridized carbons (Fsp3) is 0.214.